The fraction of sp³-hybridized carbons (Fsp3) is 0.346. The van der Waals surface area contributed by atoms with Gasteiger partial charge in [0.2, 0.25) is 5.91 Å². The second-order valence-electron chi connectivity index (χ2n) is 8.22. The molecule has 0 radical (unpaired) electrons. The van der Waals surface area contributed by atoms with Crippen LogP contribution in [0.4, 0.5) is 20.0 Å². The molecule has 3 rings (SSSR count). The predicted molar refractivity (Wildman–Crippen MR) is 141 cm³/mol. The second kappa shape index (κ2) is 14.1. The van der Waals surface area contributed by atoms with Gasteiger partial charge in [-0.1, -0.05) is 25.0 Å². The summed E-state index contributed by atoms with van der Waals surface area (Å²) in [7, 11) is 3.07. The number of benzene rings is 2. The first kappa shape index (κ1) is 27.9. The fourth-order valence-electron chi connectivity index (χ4n) is 3.55. The Morgan fingerprint density at radius 1 is 1.03 bits per heavy atom. The molecule has 1 aromatic heterocycles. The van der Waals surface area contributed by atoms with E-state index in [0.29, 0.717) is 28.7 Å². The highest BCUT2D eigenvalue weighted by Crippen LogP contribution is 2.30. The second-order valence-corrected chi connectivity index (χ2v) is 9.08. The molecule has 0 saturated carbocycles. The number of amides is 3. The number of carbonyl (C=O) groups excluding carboxylic acids is 2. The maximum Gasteiger partial charge on any atom is 0.325 e. The average Bonchev–Trinajstić information content (AvgIpc) is 3.33. The number of nitrogens with two attached hydrogens (primary N) is 1. The van der Waals surface area contributed by atoms with E-state index in [1.165, 1.54) is 30.6 Å². The number of halogens is 1. The smallest absolute Gasteiger partial charge is 0.325 e. The number of hydrogen-bond acceptors (Lipinski definition) is 7. The van der Waals surface area contributed by atoms with Gasteiger partial charge in [-0.05, 0) is 49.1 Å². The Balaban J connectivity index is 1.37. The quantitative estimate of drug-likeness (QED) is 0.249. The van der Waals surface area contributed by atoms with Crippen LogP contribution in [0.2, 0.25) is 0 Å². The zero-order valence-corrected chi connectivity index (χ0v) is 21.6. The van der Waals surface area contributed by atoms with Gasteiger partial charge in [-0.3, -0.25) is 10.1 Å². The monoisotopic (exact) mass is 530 g/mol. The number of ether oxygens (including phenoxy) is 3. The lowest BCUT2D eigenvalue weighted by atomic mass is 10.1. The number of urea groups is 1. The minimum absolute atomic E-state index is 0.197. The zero-order chi connectivity index (χ0) is 26.6. The van der Waals surface area contributed by atoms with E-state index in [0.717, 1.165) is 36.9 Å². The van der Waals surface area contributed by atoms with Crippen LogP contribution in [0.3, 0.4) is 0 Å². The van der Waals surface area contributed by atoms with Crippen LogP contribution in [0.5, 0.6) is 11.5 Å². The molecule has 3 amide bonds. The van der Waals surface area contributed by atoms with Crippen LogP contribution in [0.1, 0.15) is 36.9 Å². The molecule has 11 heteroatoms. The minimum Gasteiger partial charge on any atom is -0.493 e. The molecule has 37 heavy (non-hydrogen) atoms. The minimum atomic E-state index is -0.690. The van der Waals surface area contributed by atoms with E-state index in [-0.39, 0.29) is 12.4 Å². The van der Waals surface area contributed by atoms with Crippen LogP contribution >= 0.6 is 11.3 Å². The number of anilines is 2. The van der Waals surface area contributed by atoms with Crippen molar-refractivity contribution in [2.24, 2.45) is 5.73 Å². The third-order valence-electron chi connectivity index (χ3n) is 5.49. The number of primary amides is 1. The number of rotatable bonds is 14. The summed E-state index contributed by atoms with van der Waals surface area (Å²) >= 11 is 1.35. The summed E-state index contributed by atoms with van der Waals surface area (Å²) < 4.78 is 29.1. The molecule has 198 valence electrons. The highest BCUT2D eigenvalue weighted by molar-refractivity contribution is 7.13. The normalized spacial score (nSPS) is 11.5. The Hall–Kier alpha value is -3.70. The van der Waals surface area contributed by atoms with Gasteiger partial charge >= 0.3 is 6.03 Å². The Labute approximate surface area is 219 Å². The van der Waals surface area contributed by atoms with Crippen LogP contribution in [-0.4, -0.2) is 37.2 Å². The lowest BCUT2D eigenvalue weighted by Gasteiger charge is -2.14. The molecule has 0 aliphatic rings. The SMILES string of the molecule is COc1ccc(NC(=O)Nc2nc(CCCCCC(OCc3ccc(F)cc3)C(N)=O)cs2)cc1OC. The molecule has 0 saturated heterocycles. The Morgan fingerprint density at radius 3 is 2.49 bits per heavy atom. The molecule has 0 spiro atoms. The summed E-state index contributed by atoms with van der Waals surface area (Å²) in [6.07, 6.45) is 3.06. The standard InChI is InChI=1S/C26H31FN4O5S/c1-34-21-13-12-19(14-23(21)35-2)29-25(33)31-26-30-20(16-37-26)6-4-3-5-7-22(24(28)32)36-15-17-8-10-18(27)11-9-17/h8-14,16,22H,3-7,15H2,1-2H3,(H2,28,32)(H2,29,30,31,33). The third kappa shape index (κ3) is 9.03. The van der Waals surface area contributed by atoms with Crippen molar-refractivity contribution < 1.29 is 28.2 Å². The molecular weight excluding hydrogens is 499 g/mol. The van der Waals surface area contributed by atoms with Crippen LogP contribution < -0.4 is 25.8 Å². The first-order chi connectivity index (χ1) is 17.9. The number of nitrogens with zero attached hydrogens (tertiary/aromatic N) is 1. The van der Waals surface area contributed by atoms with Gasteiger partial charge in [-0.2, -0.15) is 0 Å². The van der Waals surface area contributed by atoms with Gasteiger partial charge in [0.25, 0.3) is 0 Å². The van der Waals surface area contributed by atoms with Crippen molar-refractivity contribution >= 4 is 34.1 Å². The molecule has 0 aliphatic carbocycles. The van der Waals surface area contributed by atoms with E-state index in [1.807, 2.05) is 5.38 Å². The highest BCUT2D eigenvalue weighted by Gasteiger charge is 2.16. The topological polar surface area (TPSA) is 125 Å². The van der Waals surface area contributed by atoms with E-state index in [2.05, 4.69) is 15.6 Å². The number of nitrogens with one attached hydrogen (secondary N) is 2. The van der Waals surface area contributed by atoms with Crippen molar-refractivity contribution in [3.8, 4) is 11.5 Å². The van der Waals surface area contributed by atoms with Gasteiger partial charge in [0.05, 0.1) is 26.5 Å². The number of methoxy groups -OCH3 is 2. The summed E-state index contributed by atoms with van der Waals surface area (Å²) in [5, 5.41) is 7.88. The molecule has 0 fully saturated rings. The van der Waals surface area contributed by atoms with Crippen LogP contribution in [0.15, 0.2) is 47.8 Å². The first-order valence-corrected chi connectivity index (χ1v) is 12.7. The molecule has 0 bridgehead atoms. The predicted octanol–water partition coefficient (Wildman–Crippen LogP) is 5.12. The molecule has 9 nitrogen and oxygen atoms in total. The number of thiazole rings is 1. The first-order valence-electron chi connectivity index (χ1n) is 11.8. The highest BCUT2D eigenvalue weighted by atomic mass is 32.1. The molecule has 1 heterocycles. The molecule has 1 atom stereocenters. The van der Waals surface area contributed by atoms with Crippen molar-refractivity contribution in [2.45, 2.75) is 44.8 Å². The lowest BCUT2D eigenvalue weighted by Crippen LogP contribution is -2.31. The summed E-state index contributed by atoms with van der Waals surface area (Å²) in [6, 6.07) is 10.6. The maximum atomic E-state index is 13.0. The van der Waals surface area contributed by atoms with Gasteiger partial charge < -0.3 is 25.3 Å². The van der Waals surface area contributed by atoms with Crippen LogP contribution in [-0.2, 0) is 22.6 Å². The molecular formula is C26H31FN4O5S. The number of carbonyl (C=O) groups is 2. The molecule has 1 unspecified atom stereocenters. The van der Waals surface area contributed by atoms with Crippen molar-refractivity contribution in [1.29, 1.82) is 0 Å². The Morgan fingerprint density at radius 2 is 1.78 bits per heavy atom. The van der Waals surface area contributed by atoms with E-state index in [9.17, 15) is 14.0 Å². The maximum absolute atomic E-state index is 13.0. The Kier molecular flexibility index (Phi) is 10.7. The zero-order valence-electron chi connectivity index (χ0n) is 20.8. The van der Waals surface area contributed by atoms with Gasteiger partial charge in [0.1, 0.15) is 11.9 Å². The molecule has 0 aliphatic heterocycles. The Bertz CT molecular complexity index is 1170. The molecule has 4 N–H and O–H groups in total. The number of aryl methyl sites for hydroxylation is 1. The number of hydrogen-bond donors (Lipinski definition) is 3. The van der Waals surface area contributed by atoms with Crippen molar-refractivity contribution in [3.63, 3.8) is 0 Å². The fourth-order valence-corrected chi connectivity index (χ4v) is 4.29. The largest absolute Gasteiger partial charge is 0.493 e. The number of aromatic nitrogens is 1. The van der Waals surface area contributed by atoms with Gasteiger partial charge in [-0.25, -0.2) is 14.2 Å². The van der Waals surface area contributed by atoms with E-state index >= 15 is 0 Å². The summed E-state index contributed by atoms with van der Waals surface area (Å²) in [5.74, 6) is 0.249. The summed E-state index contributed by atoms with van der Waals surface area (Å²) in [6.45, 7) is 0.197. The van der Waals surface area contributed by atoms with Crippen LogP contribution in [0.25, 0.3) is 0 Å². The average molecular weight is 531 g/mol. The lowest BCUT2D eigenvalue weighted by molar-refractivity contribution is -0.130. The van der Waals surface area contributed by atoms with Crippen molar-refractivity contribution in [2.75, 3.05) is 24.9 Å². The van der Waals surface area contributed by atoms with E-state index in [4.69, 9.17) is 19.9 Å². The summed E-state index contributed by atoms with van der Waals surface area (Å²) in [4.78, 5) is 28.5. The van der Waals surface area contributed by atoms with Gasteiger partial charge in [0.15, 0.2) is 16.6 Å². The third-order valence-corrected chi connectivity index (χ3v) is 6.30. The van der Waals surface area contributed by atoms with E-state index in [1.54, 1.807) is 37.4 Å². The van der Waals surface area contributed by atoms with Gasteiger partial charge in [-0.15, -0.1) is 11.3 Å². The molecule has 3 aromatic rings. The van der Waals surface area contributed by atoms with E-state index < -0.39 is 18.0 Å². The van der Waals surface area contributed by atoms with Crippen LogP contribution in [0, 0.1) is 5.82 Å². The number of unbranched alkanes of at least 4 members (excludes halogenated alkanes) is 2. The van der Waals surface area contributed by atoms with Crippen molar-refractivity contribution in [1.82, 2.24) is 4.98 Å². The summed E-state index contributed by atoms with van der Waals surface area (Å²) in [5.41, 5.74) is 7.68. The van der Waals surface area contributed by atoms with Crippen molar-refractivity contribution in [3.05, 3.63) is 64.9 Å². The molecule has 2 aromatic carbocycles. The van der Waals surface area contributed by atoms with Gasteiger partial charge in [0, 0.05) is 17.1 Å².